The van der Waals surface area contributed by atoms with Crippen LogP contribution in [0.4, 0.5) is 34.1 Å². The molecule has 15 rings (SSSR count). The Bertz CT molecular complexity index is 4100. The molecule has 13 aromatic rings. The average Bonchev–Trinajstić information content (AvgIpc) is 4.23. The zero-order chi connectivity index (χ0) is 49.8. The topological polar surface area (TPSA) is 15.3 Å². The number of hydrogen-bond donors (Lipinski definition) is 0. The minimum Gasteiger partial charge on any atom is -0.310 e. The number of aryl methyl sites for hydroxylation is 4. The third-order valence-electron chi connectivity index (χ3n) is 17.4. The van der Waals surface area contributed by atoms with Crippen LogP contribution < -0.4 is 9.80 Å². The predicted molar refractivity (Wildman–Crippen MR) is 316 cm³/mol. The largest absolute Gasteiger partial charge is 0.310 e. The summed E-state index contributed by atoms with van der Waals surface area (Å²) < 4.78 is 5.23. The Morgan fingerprint density at radius 1 is 0.324 bits per heavy atom. The van der Waals surface area contributed by atoms with E-state index in [2.05, 4.69) is 230 Å². The van der Waals surface area contributed by atoms with E-state index in [0.29, 0.717) is 0 Å². The Balaban J connectivity index is 1.04. The molecule has 362 valence electrons. The van der Waals surface area contributed by atoms with Gasteiger partial charge < -0.3 is 18.6 Å². The molecule has 0 saturated heterocycles. The Morgan fingerprint density at radius 3 is 1.14 bits per heavy atom. The first kappa shape index (κ1) is 43.7. The van der Waals surface area contributed by atoms with Gasteiger partial charge in [0.05, 0.1) is 44.5 Å². The maximum atomic E-state index is 2.61. The number of aromatic nitrogens is 2. The van der Waals surface area contributed by atoms with Crippen molar-refractivity contribution >= 4 is 110 Å². The molecule has 4 heteroatoms. The lowest BCUT2D eigenvalue weighted by molar-refractivity contribution is 0.591. The SMILES string of the molecule is CC(C)(C)c1ccc2c(c1)c1c(N(c3ccccc3)c3ccc4c(c3)CCCC4)ccc3c4cc5c(cc4n2c31)c1ccc(N(c2ccccc2)c2ccc3c(c2)CCCC3)c2c3cc(C(C)(C)C)ccc3n5c12. The first-order chi connectivity index (χ1) is 36.0. The van der Waals surface area contributed by atoms with Gasteiger partial charge in [0.15, 0.2) is 0 Å². The highest BCUT2D eigenvalue weighted by atomic mass is 15.2. The second-order valence-electron chi connectivity index (χ2n) is 23.9. The highest BCUT2D eigenvalue weighted by Crippen LogP contribution is 2.52. The van der Waals surface area contributed by atoms with Crippen molar-refractivity contribution in [3.05, 3.63) is 203 Å². The van der Waals surface area contributed by atoms with Crippen LogP contribution in [-0.2, 0) is 36.5 Å². The molecule has 0 unspecified atom stereocenters. The number of para-hydroxylation sites is 2. The summed E-state index contributed by atoms with van der Waals surface area (Å²) >= 11 is 0. The monoisotopic (exact) mass is 958 g/mol. The van der Waals surface area contributed by atoms with E-state index in [0.717, 1.165) is 12.8 Å². The summed E-state index contributed by atoms with van der Waals surface area (Å²) in [4.78, 5) is 5.07. The number of fused-ring (bicyclic) bond motifs is 14. The summed E-state index contributed by atoms with van der Waals surface area (Å²) in [7, 11) is 0. The molecule has 2 aliphatic carbocycles. The Hall–Kier alpha value is -7.82. The van der Waals surface area contributed by atoms with Gasteiger partial charge in [-0.05, 0) is 193 Å². The van der Waals surface area contributed by atoms with E-state index in [1.54, 1.807) is 0 Å². The van der Waals surface area contributed by atoms with Crippen molar-refractivity contribution < 1.29 is 0 Å². The van der Waals surface area contributed by atoms with Crippen molar-refractivity contribution in [2.75, 3.05) is 9.80 Å². The van der Waals surface area contributed by atoms with Gasteiger partial charge in [-0.25, -0.2) is 0 Å². The van der Waals surface area contributed by atoms with Gasteiger partial charge in [0.1, 0.15) is 0 Å². The molecule has 0 aliphatic heterocycles. The molecule has 4 nitrogen and oxygen atoms in total. The van der Waals surface area contributed by atoms with Crippen LogP contribution in [0.25, 0.3) is 76.2 Å². The molecule has 74 heavy (non-hydrogen) atoms. The van der Waals surface area contributed by atoms with E-state index in [-0.39, 0.29) is 10.8 Å². The lowest BCUT2D eigenvalue weighted by atomic mass is 9.86. The fourth-order valence-electron chi connectivity index (χ4n) is 13.6. The molecule has 0 fully saturated rings. The van der Waals surface area contributed by atoms with Crippen molar-refractivity contribution in [1.29, 1.82) is 0 Å². The van der Waals surface area contributed by atoms with Crippen LogP contribution in [0.5, 0.6) is 0 Å². The van der Waals surface area contributed by atoms with Crippen molar-refractivity contribution in [3.63, 3.8) is 0 Å². The highest BCUT2D eigenvalue weighted by molar-refractivity contribution is 6.32. The maximum Gasteiger partial charge on any atom is 0.0641 e. The molecular weight excluding hydrogens is 897 g/mol. The van der Waals surface area contributed by atoms with Gasteiger partial charge >= 0.3 is 0 Å². The molecular formula is C70H62N4. The number of benzene rings is 9. The molecule has 0 N–H and O–H groups in total. The van der Waals surface area contributed by atoms with E-state index < -0.39 is 0 Å². The molecule has 9 aromatic carbocycles. The van der Waals surface area contributed by atoms with Gasteiger partial charge in [-0.15, -0.1) is 0 Å². The number of rotatable bonds is 6. The fraction of sp³-hybridized carbons (Fsp3) is 0.229. The molecule has 0 bridgehead atoms. The lowest BCUT2D eigenvalue weighted by Crippen LogP contribution is -2.12. The molecule has 2 aliphatic rings. The third-order valence-corrected chi connectivity index (χ3v) is 17.4. The molecule has 0 saturated carbocycles. The van der Waals surface area contributed by atoms with Crippen LogP contribution in [-0.4, -0.2) is 8.80 Å². The van der Waals surface area contributed by atoms with E-state index in [1.165, 1.54) is 182 Å². The normalized spacial score (nSPS) is 14.5. The highest BCUT2D eigenvalue weighted by Gasteiger charge is 2.30. The predicted octanol–water partition coefficient (Wildman–Crippen LogP) is 19.3. The first-order valence-electron chi connectivity index (χ1n) is 27.3. The lowest BCUT2D eigenvalue weighted by Gasteiger charge is -2.28. The summed E-state index contributed by atoms with van der Waals surface area (Å²) in [5, 5.41) is 10.4. The van der Waals surface area contributed by atoms with Crippen LogP contribution in [0.1, 0.15) is 101 Å². The van der Waals surface area contributed by atoms with E-state index in [9.17, 15) is 0 Å². The van der Waals surface area contributed by atoms with E-state index in [4.69, 9.17) is 0 Å². The summed E-state index contributed by atoms with van der Waals surface area (Å²) in [6, 6.07) is 66.0. The minimum absolute atomic E-state index is 0.0156. The van der Waals surface area contributed by atoms with Crippen molar-refractivity contribution in [1.82, 2.24) is 8.80 Å². The fourth-order valence-corrected chi connectivity index (χ4v) is 13.6. The zero-order valence-corrected chi connectivity index (χ0v) is 43.6. The standard InChI is InChI=1S/C70H62N4/c1-69(2,3)47-27-33-59-57(39-47)65-61(71(49-21-9-7-10-22-49)51-29-25-43-17-13-15-19-45(43)37-51)35-31-53-55-42-64-56(41-63(55)73(59)67(53)65)54-32-36-62(66-58-40-48(70(4,5)6)28-34-60(58)74(64)68(54)66)72(50-23-11-8-12-24-50)52-30-26-44-18-14-16-20-46(44)38-52/h7-12,21-42H,13-20H2,1-6H3. The van der Waals surface area contributed by atoms with Crippen LogP contribution in [0.2, 0.25) is 0 Å². The smallest absolute Gasteiger partial charge is 0.0641 e. The molecule has 0 radical (unpaired) electrons. The molecule has 0 spiro atoms. The van der Waals surface area contributed by atoms with Crippen LogP contribution in [0.15, 0.2) is 170 Å². The summed E-state index contributed by atoms with van der Waals surface area (Å²) in [5.41, 5.74) is 23.5. The number of hydrogen-bond acceptors (Lipinski definition) is 2. The molecule has 0 amide bonds. The van der Waals surface area contributed by atoms with Gasteiger partial charge in [0.25, 0.3) is 0 Å². The average molecular weight is 959 g/mol. The van der Waals surface area contributed by atoms with E-state index >= 15 is 0 Å². The van der Waals surface area contributed by atoms with Crippen LogP contribution in [0.3, 0.4) is 0 Å². The van der Waals surface area contributed by atoms with Gasteiger partial charge in [0.2, 0.25) is 0 Å². The van der Waals surface area contributed by atoms with Gasteiger partial charge in [-0.1, -0.05) is 114 Å². The summed E-state index contributed by atoms with van der Waals surface area (Å²) in [6.07, 6.45) is 9.66. The molecule has 4 aromatic heterocycles. The van der Waals surface area contributed by atoms with E-state index in [1.807, 2.05) is 0 Å². The van der Waals surface area contributed by atoms with Gasteiger partial charge in [-0.2, -0.15) is 0 Å². The second-order valence-corrected chi connectivity index (χ2v) is 23.9. The Labute approximate surface area is 433 Å². The number of nitrogens with zero attached hydrogens (tertiary/aromatic N) is 4. The Kier molecular flexibility index (Phi) is 9.36. The van der Waals surface area contributed by atoms with Gasteiger partial charge in [-0.3, -0.25) is 0 Å². The first-order valence-corrected chi connectivity index (χ1v) is 27.3. The quantitative estimate of drug-likeness (QED) is 0.165. The molecule has 0 atom stereocenters. The van der Waals surface area contributed by atoms with Crippen molar-refractivity contribution in [2.45, 2.75) is 104 Å². The van der Waals surface area contributed by atoms with Crippen LogP contribution >= 0.6 is 0 Å². The van der Waals surface area contributed by atoms with Crippen molar-refractivity contribution in [3.8, 4) is 0 Å². The Morgan fingerprint density at radius 2 is 0.730 bits per heavy atom. The summed E-state index contributed by atoms with van der Waals surface area (Å²) in [6.45, 7) is 14.1. The second kappa shape index (κ2) is 15.8. The van der Waals surface area contributed by atoms with Crippen LogP contribution in [0, 0.1) is 0 Å². The zero-order valence-electron chi connectivity index (χ0n) is 43.6. The number of anilines is 6. The maximum absolute atomic E-state index is 2.61. The third kappa shape index (κ3) is 6.39. The molecule has 4 heterocycles. The van der Waals surface area contributed by atoms with Gasteiger partial charge in [0, 0.05) is 65.8 Å². The minimum atomic E-state index is -0.0156. The van der Waals surface area contributed by atoms with Crippen molar-refractivity contribution in [2.24, 2.45) is 0 Å². The summed E-state index contributed by atoms with van der Waals surface area (Å²) in [5.74, 6) is 0.